The minimum atomic E-state index is -1.03. The first-order valence-electron chi connectivity index (χ1n) is 6.70. The fourth-order valence-corrected chi connectivity index (χ4v) is 1.77. The van der Waals surface area contributed by atoms with Crippen molar-refractivity contribution < 1.29 is 14.7 Å². The highest BCUT2D eigenvalue weighted by Crippen LogP contribution is 2.07. The van der Waals surface area contributed by atoms with Gasteiger partial charge in [-0.1, -0.05) is 30.3 Å². The van der Waals surface area contributed by atoms with E-state index in [-0.39, 0.29) is 18.5 Å². The number of hydrogen-bond acceptors (Lipinski definition) is 3. The maximum absolute atomic E-state index is 11.8. The lowest BCUT2D eigenvalue weighted by atomic mass is 10.2. The maximum atomic E-state index is 11.8. The third-order valence-corrected chi connectivity index (χ3v) is 3.05. The van der Waals surface area contributed by atoms with E-state index in [1.165, 1.54) is 6.92 Å². The first-order valence-corrected chi connectivity index (χ1v) is 6.70. The summed E-state index contributed by atoms with van der Waals surface area (Å²) in [5.41, 5.74) is 1.13. The van der Waals surface area contributed by atoms with Crippen molar-refractivity contribution in [3.8, 4) is 0 Å². The predicted molar refractivity (Wildman–Crippen MR) is 77.2 cm³/mol. The molecular formula is C15H22N2O3. The third-order valence-electron chi connectivity index (χ3n) is 3.05. The summed E-state index contributed by atoms with van der Waals surface area (Å²) in [5, 5.41) is 11.3. The number of aliphatic carboxylic acids is 1. The first kappa shape index (κ1) is 16.2. The van der Waals surface area contributed by atoms with Crippen LogP contribution in [0.3, 0.4) is 0 Å². The van der Waals surface area contributed by atoms with Gasteiger partial charge in [0.25, 0.3) is 0 Å². The Morgan fingerprint density at radius 1 is 1.20 bits per heavy atom. The lowest BCUT2D eigenvalue weighted by Gasteiger charge is -2.26. The molecule has 5 heteroatoms. The van der Waals surface area contributed by atoms with Crippen molar-refractivity contribution in [3.05, 3.63) is 35.9 Å². The number of benzene rings is 1. The Hall–Kier alpha value is -1.88. The molecule has 0 radical (unpaired) electrons. The lowest BCUT2D eigenvalue weighted by Crippen LogP contribution is -2.45. The molecule has 1 rings (SSSR count). The van der Waals surface area contributed by atoms with Gasteiger partial charge in [-0.15, -0.1) is 0 Å². The largest absolute Gasteiger partial charge is 0.480 e. The highest BCUT2D eigenvalue weighted by Gasteiger charge is 2.18. The van der Waals surface area contributed by atoms with Crippen LogP contribution in [-0.4, -0.2) is 40.5 Å². The summed E-state index contributed by atoms with van der Waals surface area (Å²) in [7, 11) is 0. The number of hydrogen-bond donors (Lipinski definition) is 2. The van der Waals surface area contributed by atoms with Crippen LogP contribution in [0.1, 0.15) is 26.3 Å². The van der Waals surface area contributed by atoms with Crippen LogP contribution in [0.2, 0.25) is 0 Å². The van der Waals surface area contributed by atoms with E-state index in [4.69, 9.17) is 5.11 Å². The molecule has 0 saturated carbocycles. The zero-order valence-corrected chi connectivity index (χ0v) is 12.2. The van der Waals surface area contributed by atoms with Crippen LogP contribution >= 0.6 is 0 Å². The molecule has 0 fully saturated rings. The third kappa shape index (κ3) is 5.40. The van der Waals surface area contributed by atoms with Gasteiger partial charge < -0.3 is 10.4 Å². The maximum Gasteiger partial charge on any atom is 0.325 e. The normalized spacial score (nSPS) is 12.4. The predicted octanol–water partition coefficient (Wildman–Crippen LogP) is 1.49. The molecule has 0 spiro atoms. The standard InChI is InChI=1S/C15H22N2O3/c1-11(2)17(9-13-7-5-4-6-8-13)10-14(18)16-12(3)15(19)20/h4-8,11-12H,9-10H2,1-3H3,(H,16,18)(H,19,20). The van der Waals surface area contributed by atoms with Crippen LogP contribution < -0.4 is 5.32 Å². The van der Waals surface area contributed by atoms with Crippen molar-refractivity contribution in [2.45, 2.75) is 39.4 Å². The molecule has 1 atom stereocenters. The Labute approximate surface area is 119 Å². The van der Waals surface area contributed by atoms with Crippen LogP contribution in [0.5, 0.6) is 0 Å². The zero-order valence-electron chi connectivity index (χ0n) is 12.2. The van der Waals surface area contributed by atoms with Crippen molar-refractivity contribution in [2.24, 2.45) is 0 Å². The van der Waals surface area contributed by atoms with Gasteiger partial charge in [-0.25, -0.2) is 0 Å². The molecule has 0 bridgehead atoms. The quantitative estimate of drug-likeness (QED) is 0.793. The molecule has 0 aromatic heterocycles. The highest BCUT2D eigenvalue weighted by atomic mass is 16.4. The Bertz CT molecular complexity index is 446. The minimum Gasteiger partial charge on any atom is -0.480 e. The smallest absolute Gasteiger partial charge is 0.325 e. The molecule has 1 aromatic carbocycles. The SMILES string of the molecule is CC(NC(=O)CN(Cc1ccccc1)C(C)C)C(=O)O. The molecule has 2 N–H and O–H groups in total. The van der Waals surface area contributed by atoms with Crippen LogP contribution in [0.25, 0.3) is 0 Å². The molecular weight excluding hydrogens is 256 g/mol. The Morgan fingerprint density at radius 3 is 2.30 bits per heavy atom. The van der Waals surface area contributed by atoms with Crippen LogP contribution in [-0.2, 0) is 16.1 Å². The Morgan fingerprint density at radius 2 is 1.80 bits per heavy atom. The molecule has 0 aliphatic heterocycles. The van der Waals surface area contributed by atoms with E-state index in [2.05, 4.69) is 5.32 Å². The van der Waals surface area contributed by atoms with E-state index in [9.17, 15) is 9.59 Å². The fraction of sp³-hybridized carbons (Fsp3) is 0.467. The second-order valence-corrected chi connectivity index (χ2v) is 5.11. The van der Waals surface area contributed by atoms with E-state index in [1.54, 1.807) is 0 Å². The van der Waals surface area contributed by atoms with Crippen LogP contribution in [0.15, 0.2) is 30.3 Å². The number of nitrogens with one attached hydrogen (secondary N) is 1. The summed E-state index contributed by atoms with van der Waals surface area (Å²) in [5.74, 6) is -1.30. The van der Waals surface area contributed by atoms with Gasteiger partial charge >= 0.3 is 5.97 Å². The molecule has 0 aliphatic rings. The molecule has 1 aromatic rings. The monoisotopic (exact) mass is 278 g/mol. The van der Waals surface area contributed by atoms with Gasteiger partial charge in [-0.2, -0.15) is 0 Å². The van der Waals surface area contributed by atoms with Crippen molar-refractivity contribution >= 4 is 11.9 Å². The second kappa shape index (κ2) is 7.65. The van der Waals surface area contributed by atoms with Gasteiger partial charge in [0.1, 0.15) is 6.04 Å². The van der Waals surface area contributed by atoms with E-state index in [0.29, 0.717) is 6.54 Å². The number of rotatable bonds is 7. The van der Waals surface area contributed by atoms with Gasteiger partial charge in [-0.05, 0) is 26.3 Å². The van der Waals surface area contributed by atoms with Gasteiger partial charge in [0.05, 0.1) is 6.54 Å². The number of nitrogens with zero attached hydrogens (tertiary/aromatic N) is 1. The summed E-state index contributed by atoms with van der Waals surface area (Å²) in [6, 6.07) is 9.21. The van der Waals surface area contributed by atoms with Crippen molar-refractivity contribution in [1.82, 2.24) is 10.2 Å². The molecule has 1 unspecified atom stereocenters. The minimum absolute atomic E-state index is 0.185. The van der Waals surface area contributed by atoms with Crippen LogP contribution in [0, 0.1) is 0 Å². The fourth-order valence-electron chi connectivity index (χ4n) is 1.77. The Kier molecular flexibility index (Phi) is 6.18. The van der Waals surface area contributed by atoms with E-state index < -0.39 is 12.0 Å². The van der Waals surface area contributed by atoms with Gasteiger partial charge in [0.2, 0.25) is 5.91 Å². The van der Waals surface area contributed by atoms with E-state index >= 15 is 0 Å². The van der Waals surface area contributed by atoms with Crippen molar-refractivity contribution in [1.29, 1.82) is 0 Å². The summed E-state index contributed by atoms with van der Waals surface area (Å²) in [6.45, 7) is 6.32. The molecule has 110 valence electrons. The molecule has 5 nitrogen and oxygen atoms in total. The van der Waals surface area contributed by atoms with E-state index in [1.807, 2.05) is 49.1 Å². The molecule has 1 amide bonds. The number of carbonyl (C=O) groups excluding carboxylic acids is 1. The molecule has 0 saturated heterocycles. The first-order chi connectivity index (χ1) is 9.40. The Balaban J connectivity index is 2.59. The highest BCUT2D eigenvalue weighted by molar-refractivity contribution is 5.84. The molecule has 0 heterocycles. The van der Waals surface area contributed by atoms with Gasteiger partial charge in [0.15, 0.2) is 0 Å². The number of carboxylic acid groups (broad SMARTS) is 1. The van der Waals surface area contributed by atoms with Gasteiger partial charge in [0, 0.05) is 12.6 Å². The number of carboxylic acids is 1. The van der Waals surface area contributed by atoms with E-state index in [0.717, 1.165) is 5.56 Å². The summed E-state index contributed by atoms with van der Waals surface area (Å²) < 4.78 is 0. The summed E-state index contributed by atoms with van der Waals surface area (Å²) in [4.78, 5) is 24.6. The lowest BCUT2D eigenvalue weighted by molar-refractivity contribution is -0.141. The summed E-state index contributed by atoms with van der Waals surface area (Å²) in [6.07, 6.45) is 0. The number of carbonyl (C=O) groups is 2. The topological polar surface area (TPSA) is 69.6 Å². The van der Waals surface area contributed by atoms with Crippen molar-refractivity contribution in [3.63, 3.8) is 0 Å². The van der Waals surface area contributed by atoms with Crippen molar-refractivity contribution in [2.75, 3.05) is 6.54 Å². The molecule has 20 heavy (non-hydrogen) atoms. The van der Waals surface area contributed by atoms with Gasteiger partial charge in [-0.3, -0.25) is 14.5 Å². The second-order valence-electron chi connectivity index (χ2n) is 5.11. The average molecular weight is 278 g/mol. The average Bonchev–Trinajstić information content (AvgIpc) is 2.38. The number of amides is 1. The zero-order chi connectivity index (χ0) is 15.1. The van der Waals surface area contributed by atoms with Crippen LogP contribution in [0.4, 0.5) is 0 Å². The molecule has 0 aliphatic carbocycles. The summed E-state index contributed by atoms with van der Waals surface area (Å²) >= 11 is 0.